The van der Waals surface area contributed by atoms with Crippen LogP contribution < -0.4 is 51.1 Å². The fourth-order valence-electron chi connectivity index (χ4n) is 12.6. The normalized spacial score (nSPS) is 22.0. The van der Waals surface area contributed by atoms with Gasteiger partial charge in [-0.05, 0) is 181 Å². The summed E-state index contributed by atoms with van der Waals surface area (Å²) in [6.07, 6.45) is 25.2. The maximum atomic E-state index is 4.40. The highest BCUT2D eigenvalue weighted by Gasteiger charge is 2.45. The average Bonchev–Trinajstić information content (AvgIpc) is 3.49. The fraction of sp³-hybridized carbons (Fsp3) is 0.651. The molecule has 0 atom stereocenters. The molecule has 15 heterocycles. The molecule has 0 saturated carbocycles. The van der Waals surface area contributed by atoms with E-state index in [-0.39, 0.29) is 0 Å². The first-order chi connectivity index (χ1) is 40.0. The van der Waals surface area contributed by atoms with Gasteiger partial charge in [0.15, 0.2) is 0 Å². The smallest absolute Gasteiger partial charge is 0.225 e. The number of pyridine rings is 2. The molecule has 10 fully saturated rings. The van der Waals surface area contributed by atoms with Crippen LogP contribution in [0.3, 0.4) is 0 Å². The lowest BCUT2D eigenvalue weighted by atomic mass is 9.72. The van der Waals surface area contributed by atoms with Crippen molar-refractivity contribution in [3.63, 3.8) is 0 Å². The Bertz CT molecular complexity index is 2330. The third-order valence-electron chi connectivity index (χ3n) is 18.3. The first-order valence-corrected chi connectivity index (χ1v) is 31.4. The van der Waals surface area contributed by atoms with Crippen LogP contribution in [0.1, 0.15) is 92.9 Å². The van der Waals surface area contributed by atoms with Gasteiger partial charge in [-0.25, -0.2) is 39.9 Å². The van der Waals surface area contributed by atoms with Crippen molar-refractivity contribution in [2.75, 3.05) is 155 Å². The maximum absolute atomic E-state index is 4.40. The number of rotatable bonds is 7. The van der Waals surface area contributed by atoms with E-state index in [9.17, 15) is 0 Å². The van der Waals surface area contributed by atoms with Crippen LogP contribution in [0.15, 0.2) is 104 Å². The van der Waals surface area contributed by atoms with E-state index in [2.05, 4.69) is 115 Å². The molecule has 0 amide bonds. The van der Waals surface area contributed by atoms with Crippen molar-refractivity contribution in [2.45, 2.75) is 92.9 Å². The molecule has 18 heteroatoms. The molecule has 81 heavy (non-hydrogen) atoms. The predicted molar refractivity (Wildman–Crippen MR) is 332 cm³/mol. The lowest BCUT2D eigenvalue weighted by Gasteiger charge is -2.52. The van der Waals surface area contributed by atoms with Crippen LogP contribution in [-0.4, -0.2) is 171 Å². The monoisotopic (exact) mass is 1110 g/mol. The number of aromatic nitrogens is 8. The molecule has 10 aliphatic heterocycles. The molecule has 0 aliphatic carbocycles. The van der Waals surface area contributed by atoms with Gasteiger partial charge in [0.05, 0.1) is 0 Å². The minimum absolute atomic E-state index is 0.560. The van der Waals surface area contributed by atoms with Gasteiger partial charge >= 0.3 is 0 Å². The Labute approximate surface area is 486 Å². The Kier molecular flexibility index (Phi) is 24.0. The molecule has 10 aliphatic rings. The summed E-state index contributed by atoms with van der Waals surface area (Å²) in [5, 5.41) is 16.9. The first-order valence-electron chi connectivity index (χ1n) is 31.4. The number of nitrogens with one attached hydrogen (secondary N) is 5. The van der Waals surface area contributed by atoms with Crippen molar-refractivity contribution >= 4 is 29.5 Å². The van der Waals surface area contributed by atoms with Crippen molar-refractivity contribution < 1.29 is 0 Å². The van der Waals surface area contributed by atoms with Gasteiger partial charge in [-0.1, -0.05) is 53.7 Å². The van der Waals surface area contributed by atoms with Crippen LogP contribution in [0, 0.1) is 39.9 Å². The minimum atomic E-state index is 0.560. The molecule has 0 unspecified atom stereocenters. The lowest BCUT2D eigenvalue weighted by Crippen LogP contribution is -2.60. The highest BCUT2D eigenvalue weighted by atomic mass is 15.3. The number of hydrogen-bond acceptors (Lipinski definition) is 18. The molecule has 0 radical (unpaired) electrons. The highest BCUT2D eigenvalue weighted by molar-refractivity contribution is 5.42. The van der Waals surface area contributed by atoms with Crippen LogP contribution in [0.5, 0.6) is 0 Å². The summed E-state index contributed by atoms with van der Waals surface area (Å²) >= 11 is 0. The summed E-state index contributed by atoms with van der Waals surface area (Å²) in [7, 11) is 0. The Hall–Kier alpha value is -5.66. The lowest BCUT2D eigenvalue weighted by molar-refractivity contribution is 0.126. The van der Waals surface area contributed by atoms with E-state index in [1.54, 1.807) is 12.4 Å². The largest absolute Gasteiger partial charge is 0.357 e. The van der Waals surface area contributed by atoms with E-state index in [1.807, 2.05) is 109 Å². The first kappa shape index (κ1) is 61.4. The zero-order valence-corrected chi connectivity index (χ0v) is 50.2. The molecule has 0 bridgehead atoms. The molecule has 18 nitrogen and oxygen atoms in total. The van der Waals surface area contributed by atoms with Gasteiger partial charge in [0.25, 0.3) is 0 Å². The Morgan fingerprint density at radius 2 is 0.704 bits per heavy atom. The summed E-state index contributed by atoms with van der Waals surface area (Å²) < 4.78 is 0. The van der Waals surface area contributed by atoms with Crippen molar-refractivity contribution in [1.29, 1.82) is 0 Å². The quantitative estimate of drug-likeness (QED) is 0.109. The molecule has 3 spiro atoms. The third-order valence-corrected chi connectivity index (χ3v) is 18.3. The second-order valence-corrected chi connectivity index (χ2v) is 23.1. The Balaban J connectivity index is 0.000000130. The summed E-state index contributed by atoms with van der Waals surface area (Å²) in [5.74, 6) is 8.54. The molecule has 442 valence electrons. The van der Waals surface area contributed by atoms with Gasteiger partial charge in [0.1, 0.15) is 11.6 Å². The molecule has 5 aromatic heterocycles. The summed E-state index contributed by atoms with van der Waals surface area (Å²) in [6, 6.07) is 17.9. The topological polar surface area (TPSA) is 179 Å². The third kappa shape index (κ3) is 16.8. The number of piperidine rings is 4. The number of anilines is 5. The standard InChI is InChI=1S/C13H20N4.C12H17N3.C11H16N4.C11H15N3.C10H14N4.3C2H6/c1-6-15-12(16-7-1)17-10-4-13(5-11-17)2-8-14-9-3-13;1-2-6-14-11(3-1)15-7-4-12(5-8-15)9-13-10-12;1-4-13-10(14-5-1)15-8-11(9-15)2-6-12-7-3-11;1-2-4-13-11(3-1)14-7-10(8-14)9-5-12-6-9;1-2-12-10(13-3-1)14-6-9(7-14)8-4-11-5-8;3*1-2/h1,6-7,14H,2-5,8-11H2;1-3,6,13H,4-5,7-10H2;1,4-5,12H,2-3,6-9H2;1-4,9-10,12H,5-8H2;1-3,8-9,11H,4-7H2;3*1-2H3. The second kappa shape index (κ2) is 31.7. The van der Waals surface area contributed by atoms with Crippen LogP contribution in [0.2, 0.25) is 0 Å². The van der Waals surface area contributed by atoms with Crippen LogP contribution >= 0.6 is 0 Å². The molecular weight excluding hydrogens is 1010 g/mol. The van der Waals surface area contributed by atoms with Gasteiger partial charge in [0.2, 0.25) is 17.8 Å². The van der Waals surface area contributed by atoms with Crippen molar-refractivity contribution in [2.24, 2.45) is 39.9 Å². The predicted octanol–water partition coefficient (Wildman–Crippen LogP) is 7.33. The fourth-order valence-corrected chi connectivity index (χ4v) is 12.6. The van der Waals surface area contributed by atoms with Crippen LogP contribution in [-0.2, 0) is 0 Å². The zero-order valence-electron chi connectivity index (χ0n) is 50.2. The summed E-state index contributed by atoms with van der Waals surface area (Å²) in [5.41, 5.74) is 1.80. The average molecular weight is 1110 g/mol. The summed E-state index contributed by atoms with van der Waals surface area (Å²) in [4.78, 5) is 46.1. The molecule has 0 aromatic carbocycles. The van der Waals surface area contributed by atoms with Crippen molar-refractivity contribution in [1.82, 2.24) is 66.5 Å². The van der Waals surface area contributed by atoms with Gasteiger partial charge in [-0.15, -0.1) is 0 Å². The van der Waals surface area contributed by atoms with E-state index in [1.165, 1.54) is 143 Å². The van der Waals surface area contributed by atoms with Gasteiger partial charge in [-0.3, -0.25) is 0 Å². The van der Waals surface area contributed by atoms with Crippen LogP contribution in [0.4, 0.5) is 29.5 Å². The van der Waals surface area contributed by atoms with E-state index in [4.69, 9.17) is 0 Å². The molecule has 5 N–H and O–H groups in total. The minimum Gasteiger partial charge on any atom is -0.357 e. The molecule has 15 rings (SSSR count). The number of hydrogen-bond donors (Lipinski definition) is 5. The summed E-state index contributed by atoms with van der Waals surface area (Å²) in [6.45, 7) is 35.5. The van der Waals surface area contributed by atoms with Crippen molar-refractivity contribution in [3.8, 4) is 0 Å². The maximum Gasteiger partial charge on any atom is 0.225 e. The second-order valence-electron chi connectivity index (χ2n) is 23.1. The molecule has 5 aromatic rings. The van der Waals surface area contributed by atoms with E-state index in [0.29, 0.717) is 16.2 Å². The van der Waals surface area contributed by atoms with Gasteiger partial charge in [0, 0.05) is 134 Å². The van der Waals surface area contributed by atoms with Crippen molar-refractivity contribution in [3.05, 3.63) is 104 Å². The molecular formula is C63H100N18. The Morgan fingerprint density at radius 3 is 1.10 bits per heavy atom. The van der Waals surface area contributed by atoms with E-state index in [0.717, 1.165) is 92.4 Å². The Morgan fingerprint density at radius 1 is 0.333 bits per heavy atom. The zero-order chi connectivity index (χ0) is 56.6. The van der Waals surface area contributed by atoms with E-state index < -0.39 is 0 Å². The van der Waals surface area contributed by atoms with Gasteiger partial charge in [-0.2, -0.15) is 0 Å². The highest BCUT2D eigenvalue weighted by Crippen LogP contribution is 2.41. The number of nitrogens with zero attached hydrogens (tertiary/aromatic N) is 13. The SMILES string of the molecule is CC.CC.CC.c1ccc(N2CC(C3CNC3)C2)nc1.c1ccc(N2CCC3(CC2)CNC3)nc1.c1cnc(N2CC(C3CNC3)C2)nc1.c1cnc(N2CC3(CCNCC3)C2)nc1.c1cnc(N2CCC3(CCNCC3)CC2)nc1. The molecule has 10 saturated heterocycles. The van der Waals surface area contributed by atoms with Gasteiger partial charge < -0.3 is 51.1 Å². The van der Waals surface area contributed by atoms with E-state index >= 15 is 0 Å². The van der Waals surface area contributed by atoms with Crippen LogP contribution in [0.25, 0.3) is 0 Å².